The van der Waals surface area contributed by atoms with E-state index in [0.29, 0.717) is 12.2 Å². The number of nitrogens with zero attached hydrogens (tertiary/aromatic N) is 1. The molecule has 126 valence electrons. The summed E-state index contributed by atoms with van der Waals surface area (Å²) in [7, 11) is 1.65. The minimum Gasteiger partial charge on any atom is -0.338 e. The fraction of sp³-hybridized carbons (Fsp3) is 0.438. The van der Waals surface area contributed by atoms with E-state index in [9.17, 15) is 14.4 Å². The molecule has 4 amide bonds. The molecule has 0 heterocycles. The van der Waals surface area contributed by atoms with Crippen LogP contribution in [0.15, 0.2) is 24.3 Å². The van der Waals surface area contributed by atoms with Crippen molar-refractivity contribution in [2.24, 2.45) is 0 Å². The van der Waals surface area contributed by atoms with Crippen LogP contribution < -0.4 is 16.0 Å². The maximum atomic E-state index is 12.0. The average molecular weight is 320 g/mol. The minimum atomic E-state index is -0.610. The van der Waals surface area contributed by atoms with Crippen molar-refractivity contribution in [3.8, 4) is 0 Å². The van der Waals surface area contributed by atoms with Crippen molar-refractivity contribution >= 4 is 23.5 Å². The molecular weight excluding hydrogens is 296 g/mol. The average Bonchev–Trinajstić information content (AvgIpc) is 2.48. The number of imide groups is 1. The second-order valence-electron chi connectivity index (χ2n) is 5.35. The molecule has 1 aromatic carbocycles. The molecule has 23 heavy (non-hydrogen) atoms. The molecule has 0 fully saturated rings. The van der Waals surface area contributed by atoms with E-state index in [1.54, 1.807) is 25.8 Å². The van der Waals surface area contributed by atoms with E-state index < -0.39 is 18.0 Å². The first-order valence-corrected chi connectivity index (χ1v) is 7.49. The highest BCUT2D eigenvalue weighted by Crippen LogP contribution is 2.08. The van der Waals surface area contributed by atoms with Gasteiger partial charge in [0.2, 0.25) is 11.8 Å². The third-order valence-corrected chi connectivity index (χ3v) is 3.34. The second kappa shape index (κ2) is 8.89. The molecule has 0 aliphatic rings. The molecule has 1 rings (SSSR count). The Labute approximate surface area is 136 Å². The van der Waals surface area contributed by atoms with Crippen LogP contribution in [0.2, 0.25) is 0 Å². The number of urea groups is 1. The van der Waals surface area contributed by atoms with Gasteiger partial charge in [-0.15, -0.1) is 0 Å². The van der Waals surface area contributed by atoms with E-state index in [0.717, 1.165) is 5.56 Å². The predicted octanol–water partition coefficient (Wildman–Crippen LogP) is 1.10. The van der Waals surface area contributed by atoms with E-state index in [1.807, 2.05) is 31.2 Å². The molecule has 7 nitrogen and oxygen atoms in total. The van der Waals surface area contributed by atoms with Crippen LogP contribution in [-0.4, -0.2) is 48.9 Å². The summed E-state index contributed by atoms with van der Waals surface area (Å²) in [4.78, 5) is 36.8. The SMILES string of the molecule is CCNC(=O)NC(=O)C(C)N(C)CC(=O)Nc1ccc(C)cc1. The molecule has 0 bridgehead atoms. The highest BCUT2D eigenvalue weighted by Gasteiger charge is 2.21. The monoisotopic (exact) mass is 320 g/mol. The molecule has 0 aromatic heterocycles. The number of rotatable bonds is 6. The van der Waals surface area contributed by atoms with E-state index in [1.165, 1.54) is 0 Å². The Morgan fingerprint density at radius 1 is 1.17 bits per heavy atom. The molecule has 0 saturated heterocycles. The first-order valence-electron chi connectivity index (χ1n) is 7.49. The van der Waals surface area contributed by atoms with Crippen LogP contribution in [0.5, 0.6) is 0 Å². The van der Waals surface area contributed by atoms with Crippen molar-refractivity contribution in [3.63, 3.8) is 0 Å². The molecule has 0 spiro atoms. The number of hydrogen-bond donors (Lipinski definition) is 3. The predicted molar refractivity (Wildman–Crippen MR) is 89.1 cm³/mol. The molecular formula is C16H24N4O3. The Kier molecular flexibility index (Phi) is 7.21. The zero-order valence-corrected chi connectivity index (χ0v) is 14.0. The number of nitrogens with one attached hydrogen (secondary N) is 3. The highest BCUT2D eigenvalue weighted by molar-refractivity contribution is 5.97. The summed E-state index contributed by atoms with van der Waals surface area (Å²) in [6, 6.07) is 6.30. The number of hydrogen-bond acceptors (Lipinski definition) is 4. The van der Waals surface area contributed by atoms with Crippen LogP contribution >= 0.6 is 0 Å². The van der Waals surface area contributed by atoms with Gasteiger partial charge >= 0.3 is 6.03 Å². The van der Waals surface area contributed by atoms with Crippen molar-refractivity contribution in [2.45, 2.75) is 26.8 Å². The van der Waals surface area contributed by atoms with Gasteiger partial charge in [-0.1, -0.05) is 17.7 Å². The maximum Gasteiger partial charge on any atom is 0.321 e. The topological polar surface area (TPSA) is 90.5 Å². The fourth-order valence-corrected chi connectivity index (χ4v) is 1.82. The zero-order chi connectivity index (χ0) is 17.4. The lowest BCUT2D eigenvalue weighted by atomic mass is 10.2. The molecule has 1 atom stereocenters. The number of aryl methyl sites for hydroxylation is 1. The van der Waals surface area contributed by atoms with Gasteiger partial charge in [0.15, 0.2) is 0 Å². The number of anilines is 1. The van der Waals surface area contributed by atoms with Crippen LogP contribution in [0, 0.1) is 6.92 Å². The Bertz CT molecular complexity index is 557. The van der Waals surface area contributed by atoms with Gasteiger partial charge in [0.25, 0.3) is 0 Å². The maximum absolute atomic E-state index is 12.0. The quantitative estimate of drug-likeness (QED) is 0.732. The normalized spacial score (nSPS) is 11.7. The van der Waals surface area contributed by atoms with Crippen LogP contribution in [-0.2, 0) is 9.59 Å². The van der Waals surface area contributed by atoms with Crippen LogP contribution in [0.1, 0.15) is 19.4 Å². The summed E-state index contributed by atoms with van der Waals surface area (Å²) in [5, 5.41) is 7.47. The van der Waals surface area contributed by atoms with Crippen LogP contribution in [0.3, 0.4) is 0 Å². The lowest BCUT2D eigenvalue weighted by molar-refractivity contribution is -0.125. The third-order valence-electron chi connectivity index (χ3n) is 3.34. The zero-order valence-electron chi connectivity index (χ0n) is 14.0. The molecule has 0 aliphatic carbocycles. The number of amides is 4. The molecule has 7 heteroatoms. The second-order valence-corrected chi connectivity index (χ2v) is 5.35. The summed E-state index contributed by atoms with van der Waals surface area (Å²) in [6.07, 6.45) is 0. The molecule has 0 radical (unpaired) electrons. The standard InChI is InChI=1S/C16H24N4O3/c1-5-17-16(23)19-15(22)12(3)20(4)10-14(21)18-13-8-6-11(2)7-9-13/h6-9,12H,5,10H2,1-4H3,(H,18,21)(H2,17,19,22,23). The smallest absolute Gasteiger partial charge is 0.321 e. The number of carbonyl (C=O) groups excluding carboxylic acids is 3. The van der Waals surface area contributed by atoms with Gasteiger partial charge in [0, 0.05) is 12.2 Å². The van der Waals surface area contributed by atoms with Crippen molar-refractivity contribution in [1.29, 1.82) is 0 Å². The lowest BCUT2D eigenvalue weighted by Gasteiger charge is -2.23. The molecule has 1 unspecified atom stereocenters. The van der Waals surface area contributed by atoms with E-state index in [-0.39, 0.29) is 12.5 Å². The summed E-state index contributed by atoms with van der Waals surface area (Å²) < 4.78 is 0. The van der Waals surface area contributed by atoms with Gasteiger partial charge in [-0.25, -0.2) is 4.79 Å². The van der Waals surface area contributed by atoms with E-state index in [2.05, 4.69) is 16.0 Å². The summed E-state index contributed by atoms with van der Waals surface area (Å²) in [5.41, 5.74) is 1.81. The van der Waals surface area contributed by atoms with Crippen molar-refractivity contribution in [2.75, 3.05) is 25.5 Å². The van der Waals surface area contributed by atoms with Gasteiger partial charge in [0.05, 0.1) is 12.6 Å². The van der Waals surface area contributed by atoms with Crippen molar-refractivity contribution in [3.05, 3.63) is 29.8 Å². The lowest BCUT2D eigenvalue weighted by Crippen LogP contribution is -2.49. The summed E-state index contributed by atoms with van der Waals surface area (Å²) in [5.74, 6) is -0.685. The Morgan fingerprint density at radius 3 is 2.35 bits per heavy atom. The Morgan fingerprint density at radius 2 is 1.78 bits per heavy atom. The van der Waals surface area contributed by atoms with Gasteiger partial charge in [-0.3, -0.25) is 19.8 Å². The van der Waals surface area contributed by atoms with E-state index in [4.69, 9.17) is 0 Å². The van der Waals surface area contributed by atoms with Crippen molar-refractivity contribution < 1.29 is 14.4 Å². The van der Waals surface area contributed by atoms with Crippen LogP contribution in [0.25, 0.3) is 0 Å². The summed E-state index contributed by atoms with van der Waals surface area (Å²) >= 11 is 0. The molecule has 0 aliphatic heterocycles. The molecule has 1 aromatic rings. The summed E-state index contributed by atoms with van der Waals surface area (Å²) in [6.45, 7) is 5.83. The first kappa shape index (κ1) is 18.6. The number of carbonyl (C=O) groups is 3. The third kappa shape index (κ3) is 6.48. The Balaban J connectivity index is 2.48. The highest BCUT2D eigenvalue weighted by atomic mass is 16.2. The first-order chi connectivity index (χ1) is 10.8. The van der Waals surface area contributed by atoms with E-state index >= 15 is 0 Å². The van der Waals surface area contributed by atoms with Gasteiger partial charge in [0.1, 0.15) is 0 Å². The largest absolute Gasteiger partial charge is 0.338 e. The van der Waals surface area contributed by atoms with Gasteiger partial charge < -0.3 is 10.6 Å². The minimum absolute atomic E-state index is 0.0395. The number of benzene rings is 1. The van der Waals surface area contributed by atoms with Gasteiger partial charge in [-0.05, 0) is 40.0 Å². The molecule has 3 N–H and O–H groups in total. The Hall–Kier alpha value is -2.41. The van der Waals surface area contributed by atoms with Crippen LogP contribution in [0.4, 0.5) is 10.5 Å². The van der Waals surface area contributed by atoms with Gasteiger partial charge in [-0.2, -0.15) is 0 Å². The number of likely N-dealkylation sites (N-methyl/N-ethyl adjacent to an activating group) is 1. The van der Waals surface area contributed by atoms with Crippen molar-refractivity contribution in [1.82, 2.24) is 15.5 Å². The molecule has 0 saturated carbocycles. The fourth-order valence-electron chi connectivity index (χ4n) is 1.82.